The van der Waals surface area contributed by atoms with Crippen LogP contribution in [0, 0.1) is 0 Å². The molecule has 5 nitrogen and oxygen atoms in total. The van der Waals surface area contributed by atoms with E-state index in [2.05, 4.69) is 15.3 Å². The number of fused-ring (bicyclic) bond motifs is 1. The lowest BCUT2D eigenvalue weighted by Crippen LogP contribution is -2.20. The third-order valence-electron chi connectivity index (χ3n) is 1.45. The van der Waals surface area contributed by atoms with Crippen LogP contribution >= 0.6 is 0 Å². The average Bonchev–Trinajstić information content (AvgIpc) is 2.36. The van der Waals surface area contributed by atoms with Crippen LogP contribution in [-0.2, 0) is 6.54 Å². The number of hydrogen-bond acceptors (Lipinski definition) is 4. The van der Waals surface area contributed by atoms with Crippen molar-refractivity contribution in [2.45, 2.75) is 6.54 Å². The van der Waals surface area contributed by atoms with E-state index >= 15 is 0 Å². The van der Waals surface area contributed by atoms with Crippen molar-refractivity contribution in [3.8, 4) is 0 Å². The standard InChI is InChI=1S/C5H6N4O/c10-5-8-3-7-4-6-1-2-9(4)5/h3H,1-2H2,(H,6,7,8,10). The molecule has 10 heavy (non-hydrogen) atoms. The second-order valence-electron chi connectivity index (χ2n) is 2.06. The minimum Gasteiger partial charge on any atom is -0.354 e. The molecule has 2 rings (SSSR count). The van der Waals surface area contributed by atoms with E-state index < -0.39 is 0 Å². The fourth-order valence-corrected chi connectivity index (χ4v) is 0.985. The van der Waals surface area contributed by atoms with Crippen molar-refractivity contribution < 1.29 is 0 Å². The van der Waals surface area contributed by atoms with Gasteiger partial charge >= 0.3 is 5.69 Å². The van der Waals surface area contributed by atoms with E-state index in [1.165, 1.54) is 10.9 Å². The third-order valence-corrected chi connectivity index (χ3v) is 1.45. The van der Waals surface area contributed by atoms with Crippen molar-refractivity contribution in [2.24, 2.45) is 0 Å². The highest BCUT2D eigenvalue weighted by Crippen LogP contribution is 2.02. The van der Waals surface area contributed by atoms with Crippen LogP contribution in [-0.4, -0.2) is 21.1 Å². The van der Waals surface area contributed by atoms with E-state index in [4.69, 9.17) is 0 Å². The number of nitrogens with one attached hydrogen (secondary N) is 1. The van der Waals surface area contributed by atoms with Crippen LogP contribution in [0.4, 0.5) is 5.95 Å². The topological polar surface area (TPSA) is 59.8 Å². The quantitative estimate of drug-likeness (QED) is 0.503. The molecule has 0 amide bonds. The maximum absolute atomic E-state index is 10.9. The summed E-state index contributed by atoms with van der Waals surface area (Å²) in [5, 5.41) is 2.95. The zero-order valence-corrected chi connectivity index (χ0v) is 5.24. The van der Waals surface area contributed by atoms with Crippen molar-refractivity contribution in [3.05, 3.63) is 16.8 Å². The molecule has 1 aliphatic rings. The van der Waals surface area contributed by atoms with E-state index in [9.17, 15) is 4.79 Å². The molecule has 0 bridgehead atoms. The van der Waals surface area contributed by atoms with E-state index in [1.807, 2.05) is 0 Å². The maximum Gasteiger partial charge on any atom is 0.351 e. The Hall–Kier alpha value is -1.39. The predicted octanol–water partition coefficient (Wildman–Crippen LogP) is -0.936. The largest absolute Gasteiger partial charge is 0.354 e. The molecule has 0 aromatic carbocycles. The summed E-state index contributed by atoms with van der Waals surface area (Å²) < 4.78 is 1.51. The van der Waals surface area contributed by atoms with Crippen LogP contribution < -0.4 is 11.0 Å². The first-order valence-corrected chi connectivity index (χ1v) is 3.03. The van der Waals surface area contributed by atoms with Gasteiger partial charge in [0.1, 0.15) is 6.33 Å². The second kappa shape index (κ2) is 1.80. The molecule has 0 fully saturated rings. The first-order chi connectivity index (χ1) is 4.88. The van der Waals surface area contributed by atoms with Gasteiger partial charge in [-0.3, -0.25) is 4.57 Å². The van der Waals surface area contributed by atoms with E-state index in [1.54, 1.807) is 0 Å². The lowest BCUT2D eigenvalue weighted by atomic mass is 10.7. The van der Waals surface area contributed by atoms with Gasteiger partial charge in [0.25, 0.3) is 0 Å². The number of rotatable bonds is 0. The van der Waals surface area contributed by atoms with Crippen LogP contribution in [0.15, 0.2) is 11.1 Å². The Balaban J connectivity index is 2.70. The van der Waals surface area contributed by atoms with Crippen LogP contribution in [0.3, 0.4) is 0 Å². The zero-order valence-electron chi connectivity index (χ0n) is 5.24. The minimum atomic E-state index is -0.227. The molecule has 0 saturated heterocycles. The zero-order chi connectivity index (χ0) is 6.97. The molecule has 1 N–H and O–H groups in total. The first-order valence-electron chi connectivity index (χ1n) is 3.03. The van der Waals surface area contributed by atoms with E-state index in [0.717, 1.165) is 6.54 Å². The van der Waals surface area contributed by atoms with Gasteiger partial charge in [0, 0.05) is 13.1 Å². The normalized spacial score (nSPS) is 14.4. The van der Waals surface area contributed by atoms with Crippen molar-refractivity contribution in [1.82, 2.24) is 14.5 Å². The van der Waals surface area contributed by atoms with Gasteiger partial charge in [0.15, 0.2) is 0 Å². The molecule has 0 saturated carbocycles. The summed E-state index contributed by atoms with van der Waals surface area (Å²) in [5.41, 5.74) is -0.227. The number of anilines is 1. The fourth-order valence-electron chi connectivity index (χ4n) is 0.985. The van der Waals surface area contributed by atoms with Crippen LogP contribution in [0.1, 0.15) is 0 Å². The molecule has 1 aliphatic heterocycles. The van der Waals surface area contributed by atoms with Crippen LogP contribution in [0.25, 0.3) is 0 Å². The minimum absolute atomic E-state index is 0.227. The van der Waals surface area contributed by atoms with Crippen molar-refractivity contribution >= 4 is 5.95 Å². The summed E-state index contributed by atoms with van der Waals surface area (Å²) in [7, 11) is 0. The van der Waals surface area contributed by atoms with Gasteiger partial charge < -0.3 is 5.32 Å². The molecule has 0 atom stereocenters. The van der Waals surface area contributed by atoms with E-state index in [0.29, 0.717) is 12.5 Å². The molecule has 1 aromatic rings. The maximum atomic E-state index is 10.9. The van der Waals surface area contributed by atoms with Gasteiger partial charge in [-0.2, -0.15) is 4.98 Å². The molecule has 0 radical (unpaired) electrons. The van der Waals surface area contributed by atoms with Gasteiger partial charge in [-0.05, 0) is 0 Å². The monoisotopic (exact) mass is 138 g/mol. The highest BCUT2D eigenvalue weighted by molar-refractivity contribution is 5.26. The van der Waals surface area contributed by atoms with Crippen LogP contribution in [0.2, 0.25) is 0 Å². The molecule has 52 valence electrons. The summed E-state index contributed by atoms with van der Waals surface area (Å²) >= 11 is 0. The Bertz CT molecular complexity index is 305. The van der Waals surface area contributed by atoms with Gasteiger partial charge in [-0.25, -0.2) is 9.78 Å². The SMILES string of the molecule is O=c1ncnc2n1CCN2. The predicted molar refractivity (Wildman–Crippen MR) is 34.8 cm³/mol. The summed E-state index contributed by atoms with van der Waals surface area (Å²) in [6, 6.07) is 0. The number of aromatic nitrogens is 3. The summed E-state index contributed by atoms with van der Waals surface area (Å²) in [4.78, 5) is 18.3. The lowest BCUT2D eigenvalue weighted by molar-refractivity contribution is 0.726. The van der Waals surface area contributed by atoms with Crippen molar-refractivity contribution in [1.29, 1.82) is 0 Å². The first kappa shape index (κ1) is 5.40. The summed E-state index contributed by atoms with van der Waals surface area (Å²) in [5.74, 6) is 0.625. The molecular formula is C5H6N4O. The lowest BCUT2D eigenvalue weighted by Gasteiger charge is -1.95. The highest BCUT2D eigenvalue weighted by atomic mass is 16.1. The Morgan fingerprint density at radius 1 is 1.60 bits per heavy atom. The third kappa shape index (κ3) is 0.601. The van der Waals surface area contributed by atoms with Crippen LogP contribution in [0.5, 0.6) is 0 Å². The van der Waals surface area contributed by atoms with Crippen molar-refractivity contribution in [2.75, 3.05) is 11.9 Å². The molecule has 0 unspecified atom stereocenters. The van der Waals surface area contributed by atoms with Gasteiger partial charge in [0.2, 0.25) is 5.95 Å². The molecule has 0 aliphatic carbocycles. The molecule has 0 spiro atoms. The smallest absolute Gasteiger partial charge is 0.351 e. The molecule has 1 aromatic heterocycles. The Labute approximate surface area is 56.7 Å². The Morgan fingerprint density at radius 2 is 2.50 bits per heavy atom. The molecule has 5 heteroatoms. The average molecular weight is 138 g/mol. The fraction of sp³-hybridized carbons (Fsp3) is 0.400. The Kier molecular flexibility index (Phi) is 0.969. The van der Waals surface area contributed by atoms with Gasteiger partial charge in [-0.15, -0.1) is 0 Å². The van der Waals surface area contributed by atoms with Gasteiger partial charge in [-0.1, -0.05) is 0 Å². The summed E-state index contributed by atoms with van der Waals surface area (Å²) in [6.45, 7) is 1.45. The van der Waals surface area contributed by atoms with E-state index in [-0.39, 0.29) is 5.69 Å². The second-order valence-corrected chi connectivity index (χ2v) is 2.06. The number of nitrogens with zero attached hydrogens (tertiary/aromatic N) is 3. The van der Waals surface area contributed by atoms with Crippen molar-refractivity contribution in [3.63, 3.8) is 0 Å². The number of hydrogen-bond donors (Lipinski definition) is 1. The summed E-state index contributed by atoms with van der Waals surface area (Å²) in [6.07, 6.45) is 1.27. The van der Waals surface area contributed by atoms with Gasteiger partial charge in [0.05, 0.1) is 0 Å². The Morgan fingerprint density at radius 3 is 3.30 bits per heavy atom. The molecule has 2 heterocycles. The molecular weight excluding hydrogens is 132 g/mol. The highest BCUT2D eigenvalue weighted by Gasteiger charge is 2.10.